The second kappa shape index (κ2) is 4.73. The fourth-order valence-corrected chi connectivity index (χ4v) is 3.11. The second-order valence-electron chi connectivity index (χ2n) is 5.32. The van der Waals surface area contributed by atoms with E-state index in [-0.39, 0.29) is 0 Å². The van der Waals surface area contributed by atoms with Crippen LogP contribution in [0.25, 0.3) is 0 Å². The first-order valence-corrected chi connectivity index (χ1v) is 6.78. The molecule has 3 heteroatoms. The van der Waals surface area contributed by atoms with E-state index >= 15 is 0 Å². The number of hydrogen-bond donors (Lipinski definition) is 1. The van der Waals surface area contributed by atoms with E-state index in [1.807, 2.05) is 6.07 Å². The predicted octanol–water partition coefficient (Wildman–Crippen LogP) is 2.64. The molecule has 3 rings (SSSR count). The summed E-state index contributed by atoms with van der Waals surface area (Å²) in [6, 6.07) is 8.73. The third kappa shape index (κ3) is 1.93. The molecule has 1 aromatic rings. The Morgan fingerprint density at radius 3 is 2.72 bits per heavy atom. The molecule has 18 heavy (non-hydrogen) atoms. The summed E-state index contributed by atoms with van der Waals surface area (Å²) in [5.41, 5.74) is 2.40. The quantitative estimate of drug-likeness (QED) is 0.868. The van der Waals surface area contributed by atoms with E-state index in [0.29, 0.717) is 17.8 Å². The first-order chi connectivity index (χ1) is 8.77. The highest BCUT2D eigenvalue weighted by Crippen LogP contribution is 2.30. The van der Waals surface area contributed by atoms with Crippen molar-refractivity contribution in [2.24, 2.45) is 5.92 Å². The number of rotatable bonds is 2. The van der Waals surface area contributed by atoms with Gasteiger partial charge in [0.05, 0.1) is 0 Å². The molecule has 2 aliphatic rings. The van der Waals surface area contributed by atoms with Gasteiger partial charge in [-0.3, -0.25) is 5.41 Å². The summed E-state index contributed by atoms with van der Waals surface area (Å²) < 4.78 is 5.43. The topological polar surface area (TPSA) is 36.3 Å². The van der Waals surface area contributed by atoms with Crippen molar-refractivity contribution in [1.29, 1.82) is 5.41 Å². The Morgan fingerprint density at radius 2 is 2.00 bits per heavy atom. The van der Waals surface area contributed by atoms with Gasteiger partial charge in [0.15, 0.2) is 0 Å². The van der Waals surface area contributed by atoms with Crippen LogP contribution in [0, 0.1) is 11.3 Å². The second-order valence-corrected chi connectivity index (χ2v) is 5.32. The average molecular weight is 244 g/mol. The molecule has 1 fully saturated rings. The third-order valence-corrected chi connectivity index (χ3v) is 4.34. The lowest BCUT2D eigenvalue weighted by Gasteiger charge is -2.35. The number of ether oxygens (including phenoxy) is 1. The maximum Gasteiger partial charge on any atom is 0.128 e. The molecule has 96 valence electrons. The van der Waals surface area contributed by atoms with Crippen molar-refractivity contribution in [2.75, 3.05) is 13.2 Å². The summed E-state index contributed by atoms with van der Waals surface area (Å²) in [5.74, 6) is 1.36. The summed E-state index contributed by atoms with van der Waals surface area (Å²) in [6.07, 6.45) is 2.25. The van der Waals surface area contributed by atoms with Crippen LogP contribution in [-0.2, 0) is 11.3 Å². The van der Waals surface area contributed by atoms with Crippen molar-refractivity contribution < 1.29 is 4.74 Å². The van der Waals surface area contributed by atoms with Crippen LogP contribution in [0.4, 0.5) is 0 Å². The number of benzene rings is 1. The molecule has 0 aromatic heterocycles. The first-order valence-electron chi connectivity index (χ1n) is 6.78. The average Bonchev–Trinajstić information content (AvgIpc) is 2.77. The Kier molecular flexibility index (Phi) is 3.08. The summed E-state index contributed by atoms with van der Waals surface area (Å²) in [7, 11) is 0. The van der Waals surface area contributed by atoms with Gasteiger partial charge in [-0.25, -0.2) is 0 Å². The van der Waals surface area contributed by atoms with Gasteiger partial charge in [-0.15, -0.1) is 0 Å². The molecular formula is C15H20N2O. The fourth-order valence-electron chi connectivity index (χ4n) is 3.11. The molecule has 2 aliphatic heterocycles. The number of amidine groups is 1. The molecule has 1 saturated heterocycles. The monoisotopic (exact) mass is 244 g/mol. The smallest absolute Gasteiger partial charge is 0.128 e. The molecule has 0 radical (unpaired) electrons. The molecule has 1 N–H and O–H groups in total. The van der Waals surface area contributed by atoms with Gasteiger partial charge in [0.1, 0.15) is 5.84 Å². The minimum Gasteiger partial charge on any atom is -0.381 e. The highest BCUT2D eigenvalue weighted by Gasteiger charge is 2.32. The molecule has 3 nitrogen and oxygen atoms in total. The standard InChI is InChI=1S/C15H20N2O/c1-11(12-6-8-18-9-7-12)17-10-13-4-2-3-5-14(13)15(17)16/h2-5,11-12,16H,6-10H2,1H3. The lowest BCUT2D eigenvalue weighted by molar-refractivity contribution is 0.0432. The summed E-state index contributed by atoms with van der Waals surface area (Å²) >= 11 is 0. The zero-order valence-electron chi connectivity index (χ0n) is 10.9. The lowest BCUT2D eigenvalue weighted by atomic mass is 9.92. The van der Waals surface area contributed by atoms with Crippen LogP contribution in [0.5, 0.6) is 0 Å². The minimum atomic E-state index is 0.439. The first kappa shape index (κ1) is 11.7. The molecule has 0 amide bonds. The van der Waals surface area contributed by atoms with Crippen LogP contribution >= 0.6 is 0 Å². The molecule has 1 unspecified atom stereocenters. The van der Waals surface area contributed by atoms with E-state index in [9.17, 15) is 0 Å². The summed E-state index contributed by atoms with van der Waals surface area (Å²) in [5, 5.41) is 8.33. The fraction of sp³-hybridized carbons (Fsp3) is 0.533. The van der Waals surface area contributed by atoms with Crippen molar-refractivity contribution >= 4 is 5.84 Å². The zero-order valence-corrected chi connectivity index (χ0v) is 10.9. The van der Waals surface area contributed by atoms with E-state index < -0.39 is 0 Å². The van der Waals surface area contributed by atoms with E-state index in [1.54, 1.807) is 0 Å². The van der Waals surface area contributed by atoms with Gasteiger partial charge in [0.2, 0.25) is 0 Å². The molecule has 1 atom stereocenters. The van der Waals surface area contributed by atoms with Crippen LogP contribution in [0.3, 0.4) is 0 Å². The Morgan fingerprint density at radius 1 is 1.28 bits per heavy atom. The highest BCUT2D eigenvalue weighted by atomic mass is 16.5. The van der Waals surface area contributed by atoms with Crippen LogP contribution in [-0.4, -0.2) is 30.0 Å². The van der Waals surface area contributed by atoms with Crippen molar-refractivity contribution in [3.63, 3.8) is 0 Å². The van der Waals surface area contributed by atoms with Crippen molar-refractivity contribution in [3.05, 3.63) is 35.4 Å². The molecule has 0 saturated carbocycles. The number of fused-ring (bicyclic) bond motifs is 1. The van der Waals surface area contributed by atoms with Gasteiger partial charge < -0.3 is 9.64 Å². The van der Waals surface area contributed by atoms with E-state index in [2.05, 4.69) is 30.0 Å². The predicted molar refractivity (Wildman–Crippen MR) is 71.8 cm³/mol. The van der Waals surface area contributed by atoms with Gasteiger partial charge in [-0.1, -0.05) is 24.3 Å². The van der Waals surface area contributed by atoms with Crippen LogP contribution in [0.2, 0.25) is 0 Å². The summed E-state index contributed by atoms with van der Waals surface area (Å²) in [6.45, 7) is 4.91. The Labute approximate surface area is 108 Å². The maximum atomic E-state index is 8.33. The highest BCUT2D eigenvalue weighted by molar-refractivity contribution is 6.00. The SMILES string of the molecule is CC(C1CCOCC1)N1Cc2ccccc2C1=N. The third-order valence-electron chi connectivity index (χ3n) is 4.34. The Hall–Kier alpha value is -1.35. The van der Waals surface area contributed by atoms with Crippen molar-refractivity contribution in [3.8, 4) is 0 Å². The maximum absolute atomic E-state index is 8.33. The van der Waals surface area contributed by atoms with E-state index in [4.69, 9.17) is 10.1 Å². The normalized spacial score (nSPS) is 22.1. The van der Waals surface area contributed by atoms with E-state index in [0.717, 1.165) is 38.2 Å². The number of nitrogens with zero attached hydrogens (tertiary/aromatic N) is 1. The largest absolute Gasteiger partial charge is 0.381 e. The zero-order chi connectivity index (χ0) is 12.5. The number of nitrogens with one attached hydrogen (secondary N) is 1. The lowest BCUT2D eigenvalue weighted by Crippen LogP contribution is -2.40. The Bertz CT molecular complexity index is 452. The van der Waals surface area contributed by atoms with Crippen LogP contribution < -0.4 is 0 Å². The number of hydrogen-bond acceptors (Lipinski definition) is 2. The van der Waals surface area contributed by atoms with Gasteiger partial charge in [-0.2, -0.15) is 0 Å². The molecular weight excluding hydrogens is 224 g/mol. The minimum absolute atomic E-state index is 0.439. The molecule has 0 spiro atoms. The van der Waals surface area contributed by atoms with Gasteiger partial charge >= 0.3 is 0 Å². The van der Waals surface area contributed by atoms with Gasteiger partial charge in [0.25, 0.3) is 0 Å². The van der Waals surface area contributed by atoms with Gasteiger partial charge in [0, 0.05) is 31.4 Å². The van der Waals surface area contributed by atoms with Crippen molar-refractivity contribution in [2.45, 2.75) is 32.4 Å². The van der Waals surface area contributed by atoms with Crippen LogP contribution in [0.15, 0.2) is 24.3 Å². The van der Waals surface area contributed by atoms with Crippen LogP contribution in [0.1, 0.15) is 30.9 Å². The molecule has 1 aromatic carbocycles. The summed E-state index contributed by atoms with van der Waals surface area (Å²) in [4.78, 5) is 2.25. The van der Waals surface area contributed by atoms with E-state index in [1.165, 1.54) is 5.56 Å². The van der Waals surface area contributed by atoms with Gasteiger partial charge in [-0.05, 0) is 31.2 Å². The Balaban J connectivity index is 1.77. The molecule has 2 heterocycles. The molecule has 0 aliphatic carbocycles. The van der Waals surface area contributed by atoms with Crippen molar-refractivity contribution in [1.82, 2.24) is 4.90 Å². The molecule has 0 bridgehead atoms.